The third-order valence-corrected chi connectivity index (χ3v) is 11.7. The first-order valence-corrected chi connectivity index (χ1v) is 18.8. The number of anilines is 3. The minimum absolute atomic E-state index is 0.000963. The lowest BCUT2D eigenvalue weighted by molar-refractivity contribution is 0.0980. The van der Waals surface area contributed by atoms with Crippen molar-refractivity contribution in [1.29, 1.82) is 0 Å². The van der Waals surface area contributed by atoms with Gasteiger partial charge in [0, 0.05) is 36.0 Å². The highest BCUT2D eigenvalue weighted by Crippen LogP contribution is 2.45. The van der Waals surface area contributed by atoms with E-state index in [9.17, 15) is 28.2 Å². The van der Waals surface area contributed by atoms with Crippen molar-refractivity contribution in [3.63, 3.8) is 0 Å². The van der Waals surface area contributed by atoms with Crippen LogP contribution in [-0.2, 0) is 15.4 Å². The van der Waals surface area contributed by atoms with Crippen molar-refractivity contribution in [3.05, 3.63) is 105 Å². The van der Waals surface area contributed by atoms with Crippen molar-refractivity contribution in [1.82, 2.24) is 4.31 Å². The number of hydrogen-bond donors (Lipinski definition) is 4. The summed E-state index contributed by atoms with van der Waals surface area (Å²) in [6, 6.07) is 17.6. The van der Waals surface area contributed by atoms with Crippen molar-refractivity contribution in [2.45, 2.75) is 72.1 Å². The van der Waals surface area contributed by atoms with Gasteiger partial charge in [0.05, 0.1) is 40.6 Å². The molecule has 0 fully saturated rings. The van der Waals surface area contributed by atoms with Crippen LogP contribution in [0.25, 0.3) is 0 Å². The fourth-order valence-corrected chi connectivity index (χ4v) is 9.46. The molecule has 0 bridgehead atoms. The predicted octanol–water partition coefficient (Wildman–Crippen LogP) is 7.19. The Kier molecular flexibility index (Phi) is 10.8. The minimum Gasteiger partial charge on any atom is -0.455 e. The first kappa shape index (κ1) is 38.7. The molecule has 0 aliphatic heterocycles. The minimum atomic E-state index is -4.17. The highest BCUT2D eigenvalue weighted by atomic mass is 32.2. The molecule has 0 saturated heterocycles. The van der Waals surface area contributed by atoms with Crippen LogP contribution in [0.4, 0.5) is 17.1 Å². The monoisotopic (exact) mass is 727 g/mol. The van der Waals surface area contributed by atoms with E-state index in [1.54, 1.807) is 50.2 Å². The Morgan fingerprint density at radius 1 is 0.808 bits per heavy atom. The van der Waals surface area contributed by atoms with Crippen LogP contribution in [0.15, 0.2) is 65.6 Å². The SMILES string of the molecule is Cc1cc(C)c(S(=O)(=O)N(CCO)CCO)c(C)c1Nc1cc(Oc2ccc(C(C)(C)CC(C)(C)C)cc2)c(N)c2c1C(=O)c1ccccc1C2=O. The molecule has 0 radical (unpaired) electrons. The second-order valence-corrected chi connectivity index (χ2v) is 17.2. The zero-order valence-electron chi connectivity index (χ0n) is 31.2. The van der Waals surface area contributed by atoms with Crippen LogP contribution >= 0.6 is 0 Å². The fourth-order valence-electron chi connectivity index (χ4n) is 7.60. The smallest absolute Gasteiger partial charge is 0.243 e. The molecule has 0 unspecified atom stereocenters. The van der Waals surface area contributed by atoms with E-state index in [0.717, 1.165) is 16.3 Å². The van der Waals surface area contributed by atoms with Gasteiger partial charge in [-0.05, 0) is 72.4 Å². The van der Waals surface area contributed by atoms with Crippen LogP contribution in [0.5, 0.6) is 11.5 Å². The van der Waals surface area contributed by atoms with Gasteiger partial charge >= 0.3 is 0 Å². The lowest BCUT2D eigenvalue weighted by atomic mass is 9.72. The summed E-state index contributed by atoms with van der Waals surface area (Å²) in [7, 11) is -4.17. The number of rotatable bonds is 12. The van der Waals surface area contributed by atoms with Crippen LogP contribution in [-0.4, -0.2) is 60.8 Å². The largest absolute Gasteiger partial charge is 0.455 e. The molecule has 0 aromatic heterocycles. The molecule has 0 amide bonds. The molecule has 10 nitrogen and oxygen atoms in total. The van der Waals surface area contributed by atoms with Crippen LogP contribution in [0, 0.1) is 26.2 Å². The van der Waals surface area contributed by atoms with Gasteiger partial charge < -0.3 is 26.0 Å². The summed E-state index contributed by atoms with van der Waals surface area (Å²) in [5.41, 5.74) is 10.5. The number of carbonyl (C=O) groups excluding carboxylic acids is 2. The number of sulfonamides is 1. The summed E-state index contributed by atoms with van der Waals surface area (Å²) >= 11 is 0. The van der Waals surface area contributed by atoms with Gasteiger partial charge in [-0.3, -0.25) is 9.59 Å². The van der Waals surface area contributed by atoms with Crippen LogP contribution in [0.3, 0.4) is 0 Å². The Bertz CT molecular complexity index is 2140. The fraction of sp³-hybridized carbons (Fsp3) is 0.366. The highest BCUT2D eigenvalue weighted by Gasteiger charge is 2.36. The van der Waals surface area contributed by atoms with Gasteiger partial charge in [0.2, 0.25) is 10.0 Å². The first-order chi connectivity index (χ1) is 24.3. The summed E-state index contributed by atoms with van der Waals surface area (Å²) in [6.07, 6.45) is 0.965. The third kappa shape index (κ3) is 7.36. The number of hydrogen-bond acceptors (Lipinski definition) is 9. The van der Waals surface area contributed by atoms with E-state index in [0.29, 0.717) is 28.1 Å². The number of nitrogens with zero attached hydrogens (tertiary/aromatic N) is 1. The van der Waals surface area contributed by atoms with Gasteiger partial charge in [-0.1, -0.05) is 77.1 Å². The Balaban J connectivity index is 1.66. The zero-order chi connectivity index (χ0) is 38.3. The first-order valence-electron chi connectivity index (χ1n) is 17.4. The number of carbonyl (C=O) groups is 2. The molecule has 0 spiro atoms. The quantitative estimate of drug-likeness (QED) is 0.0976. The molecule has 0 heterocycles. The zero-order valence-corrected chi connectivity index (χ0v) is 32.0. The summed E-state index contributed by atoms with van der Waals surface area (Å²) in [5.74, 6) is -0.217. The lowest BCUT2D eigenvalue weighted by Crippen LogP contribution is -2.36. The maximum absolute atomic E-state index is 14.2. The Morgan fingerprint density at radius 2 is 1.37 bits per heavy atom. The van der Waals surface area contributed by atoms with Crippen LogP contribution in [0.2, 0.25) is 0 Å². The number of nitrogens with two attached hydrogens (primary N) is 1. The van der Waals surface area contributed by atoms with E-state index in [4.69, 9.17) is 10.5 Å². The number of aliphatic hydroxyl groups is 2. The van der Waals surface area contributed by atoms with E-state index in [-0.39, 0.29) is 68.2 Å². The second-order valence-electron chi connectivity index (χ2n) is 15.4. The molecule has 5 rings (SSSR count). The molecule has 0 atom stereocenters. The number of ether oxygens (including phenoxy) is 1. The maximum atomic E-state index is 14.2. The Hall–Kier alpha value is -4.55. The van der Waals surface area contributed by atoms with Crippen molar-refractivity contribution in [2.24, 2.45) is 5.41 Å². The van der Waals surface area contributed by atoms with Crippen molar-refractivity contribution < 1.29 is 33.0 Å². The van der Waals surface area contributed by atoms with Gasteiger partial charge in [0.1, 0.15) is 5.75 Å². The summed E-state index contributed by atoms with van der Waals surface area (Å²) < 4.78 is 35.3. The standard InChI is InChI=1S/C41H49N3O7S/c1-24-21-25(2)39(52(49,50)44(17-19-45)18-20-46)26(3)36(24)43-31-22-32(51-28-15-13-27(14-16-28)41(7,8)23-40(4,5)6)35(42)34-33(31)37(47)29-11-9-10-12-30(29)38(34)48/h9-16,21-22,43,45-46H,17-20,23,42H2,1-8H3. The maximum Gasteiger partial charge on any atom is 0.243 e. The molecular formula is C41H49N3O7S. The number of ketones is 2. The van der Waals surface area contributed by atoms with Crippen LogP contribution < -0.4 is 15.8 Å². The number of nitrogen functional groups attached to an aromatic ring is 1. The molecule has 4 aromatic rings. The van der Waals surface area contributed by atoms with Crippen molar-refractivity contribution >= 4 is 38.7 Å². The number of nitrogens with one attached hydrogen (secondary N) is 1. The summed E-state index contributed by atoms with van der Waals surface area (Å²) in [5, 5.41) is 22.5. The van der Waals surface area contributed by atoms with Gasteiger partial charge in [-0.15, -0.1) is 0 Å². The topological polar surface area (TPSA) is 159 Å². The van der Waals surface area contributed by atoms with E-state index >= 15 is 0 Å². The van der Waals surface area contributed by atoms with Gasteiger partial charge in [-0.25, -0.2) is 8.42 Å². The highest BCUT2D eigenvalue weighted by molar-refractivity contribution is 7.89. The van der Waals surface area contributed by atoms with Gasteiger partial charge in [-0.2, -0.15) is 4.31 Å². The predicted molar refractivity (Wildman–Crippen MR) is 205 cm³/mol. The van der Waals surface area contributed by atoms with Gasteiger partial charge in [0.25, 0.3) is 0 Å². The van der Waals surface area contributed by atoms with E-state index in [1.165, 1.54) is 0 Å². The van der Waals surface area contributed by atoms with E-state index in [1.807, 2.05) is 31.2 Å². The number of aryl methyl sites for hydroxylation is 2. The Morgan fingerprint density at radius 3 is 1.90 bits per heavy atom. The van der Waals surface area contributed by atoms with E-state index < -0.39 is 34.8 Å². The summed E-state index contributed by atoms with van der Waals surface area (Å²) in [6.45, 7) is 14.9. The second kappa shape index (κ2) is 14.5. The molecule has 276 valence electrons. The van der Waals surface area contributed by atoms with Crippen molar-refractivity contribution in [3.8, 4) is 11.5 Å². The molecule has 4 aromatic carbocycles. The summed E-state index contributed by atoms with van der Waals surface area (Å²) in [4.78, 5) is 28.2. The molecule has 1 aliphatic rings. The number of aliphatic hydroxyl groups excluding tert-OH is 2. The normalized spacial score (nSPS) is 13.3. The number of benzene rings is 4. The van der Waals surface area contributed by atoms with E-state index in [2.05, 4.69) is 39.9 Å². The average Bonchev–Trinajstić information content (AvgIpc) is 3.05. The average molecular weight is 728 g/mol. The molecule has 52 heavy (non-hydrogen) atoms. The van der Waals surface area contributed by atoms with Crippen LogP contribution in [0.1, 0.15) is 95.1 Å². The van der Waals surface area contributed by atoms with Crippen molar-refractivity contribution in [2.75, 3.05) is 37.4 Å². The Labute approximate surface area is 306 Å². The number of fused-ring (bicyclic) bond motifs is 2. The third-order valence-electron chi connectivity index (χ3n) is 9.49. The van der Waals surface area contributed by atoms with Gasteiger partial charge in [0.15, 0.2) is 17.3 Å². The molecule has 1 aliphatic carbocycles. The molecule has 5 N–H and O–H groups in total. The molecule has 0 saturated carbocycles. The molecule has 11 heteroatoms. The molecular weight excluding hydrogens is 679 g/mol. The lowest BCUT2D eigenvalue weighted by Gasteiger charge is -2.33.